The van der Waals surface area contributed by atoms with E-state index in [1.807, 2.05) is 51.2 Å². The third-order valence-corrected chi connectivity index (χ3v) is 6.44. The van der Waals surface area contributed by atoms with Gasteiger partial charge in [-0.1, -0.05) is 12.1 Å². The fourth-order valence-corrected chi connectivity index (χ4v) is 4.57. The van der Waals surface area contributed by atoms with E-state index in [1.165, 1.54) is 13.1 Å². The van der Waals surface area contributed by atoms with E-state index in [0.717, 1.165) is 16.5 Å². The zero-order valence-electron chi connectivity index (χ0n) is 23.0. The summed E-state index contributed by atoms with van der Waals surface area (Å²) in [5.41, 5.74) is 2.73. The summed E-state index contributed by atoms with van der Waals surface area (Å²) in [5, 5.41) is 6.60. The molecule has 0 aliphatic carbocycles. The van der Waals surface area contributed by atoms with Gasteiger partial charge in [-0.3, -0.25) is 9.59 Å². The van der Waals surface area contributed by atoms with Gasteiger partial charge < -0.3 is 30.0 Å². The Hall–Kier alpha value is -3.92. The van der Waals surface area contributed by atoms with Gasteiger partial charge in [-0.05, 0) is 63.4 Å². The van der Waals surface area contributed by atoms with E-state index in [2.05, 4.69) is 20.6 Å². The molecule has 3 N–H and O–H groups in total. The van der Waals surface area contributed by atoms with Gasteiger partial charge in [0.05, 0.1) is 19.3 Å². The van der Waals surface area contributed by atoms with Gasteiger partial charge in [-0.25, -0.2) is 9.78 Å². The number of aromatic nitrogens is 2. The van der Waals surface area contributed by atoms with Crippen LogP contribution < -0.4 is 10.6 Å². The molecule has 1 unspecified atom stereocenters. The van der Waals surface area contributed by atoms with Crippen LogP contribution in [0.5, 0.6) is 0 Å². The number of nitrogens with zero attached hydrogens (tertiary/aromatic N) is 2. The summed E-state index contributed by atoms with van der Waals surface area (Å²) in [5.74, 6) is -0.627. The maximum absolute atomic E-state index is 13.0. The summed E-state index contributed by atoms with van der Waals surface area (Å²) >= 11 is 0. The summed E-state index contributed by atoms with van der Waals surface area (Å²) in [6.07, 6.45) is 3.27. The summed E-state index contributed by atoms with van der Waals surface area (Å²) in [6.45, 7) is 7.38. The van der Waals surface area contributed by atoms with Crippen molar-refractivity contribution in [3.63, 3.8) is 0 Å². The number of aromatic amines is 1. The fraction of sp³-hybridized carbons (Fsp3) is 0.448. The molecule has 1 aliphatic rings. The van der Waals surface area contributed by atoms with E-state index >= 15 is 0 Å². The molecule has 3 amide bonds. The number of hydrogen-bond acceptors (Lipinski definition) is 6. The SMILES string of the molecule is CNC(=O)c1cc(C(=O)NCCCC2CN(C(=O)OC(C)(C)C)CCO2)cc(Cc2cccc3[nH]ccc23)n1. The molecule has 3 aromatic rings. The number of carbonyl (C=O) groups is 3. The second kappa shape index (κ2) is 12.3. The molecule has 0 spiro atoms. The van der Waals surface area contributed by atoms with E-state index in [-0.39, 0.29) is 29.7 Å². The molecule has 208 valence electrons. The number of hydrogen-bond donors (Lipinski definition) is 3. The van der Waals surface area contributed by atoms with Crippen LogP contribution in [0.2, 0.25) is 0 Å². The zero-order valence-corrected chi connectivity index (χ0v) is 23.0. The van der Waals surface area contributed by atoms with Crippen molar-refractivity contribution in [2.75, 3.05) is 33.3 Å². The van der Waals surface area contributed by atoms with Crippen molar-refractivity contribution in [3.8, 4) is 0 Å². The number of amides is 3. The maximum Gasteiger partial charge on any atom is 0.410 e. The van der Waals surface area contributed by atoms with Crippen LogP contribution in [0.4, 0.5) is 4.79 Å². The Morgan fingerprint density at radius 3 is 2.77 bits per heavy atom. The van der Waals surface area contributed by atoms with E-state index in [0.29, 0.717) is 56.8 Å². The first-order chi connectivity index (χ1) is 18.6. The highest BCUT2D eigenvalue weighted by atomic mass is 16.6. The third kappa shape index (κ3) is 7.57. The monoisotopic (exact) mass is 535 g/mol. The molecule has 10 nitrogen and oxygen atoms in total. The van der Waals surface area contributed by atoms with Gasteiger partial charge in [0.15, 0.2) is 0 Å². The van der Waals surface area contributed by atoms with Crippen molar-refractivity contribution in [1.82, 2.24) is 25.5 Å². The summed E-state index contributed by atoms with van der Waals surface area (Å²) in [4.78, 5) is 47.2. The van der Waals surface area contributed by atoms with Gasteiger partial charge in [0, 0.05) is 54.9 Å². The average molecular weight is 536 g/mol. The maximum atomic E-state index is 13.0. The smallest absolute Gasteiger partial charge is 0.410 e. The number of morpholine rings is 1. The molecule has 10 heteroatoms. The molecule has 3 heterocycles. The predicted molar refractivity (Wildman–Crippen MR) is 148 cm³/mol. The van der Waals surface area contributed by atoms with E-state index < -0.39 is 5.60 Å². The lowest BCUT2D eigenvalue weighted by atomic mass is 10.0. The van der Waals surface area contributed by atoms with Gasteiger partial charge in [0.25, 0.3) is 11.8 Å². The van der Waals surface area contributed by atoms with Gasteiger partial charge in [-0.15, -0.1) is 0 Å². The quantitative estimate of drug-likeness (QED) is 0.378. The van der Waals surface area contributed by atoms with Gasteiger partial charge in [0.1, 0.15) is 11.3 Å². The molecule has 0 radical (unpaired) electrons. The minimum absolute atomic E-state index is 0.119. The predicted octanol–water partition coefficient (Wildman–Crippen LogP) is 3.66. The summed E-state index contributed by atoms with van der Waals surface area (Å²) < 4.78 is 11.3. The summed E-state index contributed by atoms with van der Waals surface area (Å²) in [6, 6.07) is 11.2. The average Bonchev–Trinajstić information content (AvgIpc) is 3.40. The molecular weight excluding hydrogens is 498 g/mol. The largest absolute Gasteiger partial charge is 0.444 e. The van der Waals surface area contributed by atoms with Crippen LogP contribution in [-0.2, 0) is 15.9 Å². The molecule has 39 heavy (non-hydrogen) atoms. The first-order valence-corrected chi connectivity index (χ1v) is 13.3. The second-order valence-electron chi connectivity index (χ2n) is 10.7. The molecule has 1 atom stereocenters. The highest BCUT2D eigenvalue weighted by Crippen LogP contribution is 2.21. The molecule has 0 saturated carbocycles. The van der Waals surface area contributed by atoms with Crippen LogP contribution in [0.1, 0.15) is 65.7 Å². The number of pyridine rings is 1. The van der Waals surface area contributed by atoms with Crippen molar-refractivity contribution in [3.05, 3.63) is 65.1 Å². The Kier molecular flexibility index (Phi) is 8.86. The number of H-pyrrole nitrogens is 1. The molecule has 4 rings (SSSR count). The Morgan fingerprint density at radius 1 is 1.18 bits per heavy atom. The van der Waals surface area contributed by atoms with Gasteiger partial charge >= 0.3 is 6.09 Å². The highest BCUT2D eigenvalue weighted by molar-refractivity contribution is 5.98. The minimum atomic E-state index is -0.547. The molecular formula is C29H37N5O5. The van der Waals surface area contributed by atoms with E-state index in [1.54, 1.807) is 11.0 Å². The minimum Gasteiger partial charge on any atom is -0.444 e. The number of nitrogens with one attached hydrogen (secondary N) is 3. The molecule has 2 aromatic heterocycles. The Labute approximate surface area is 228 Å². The molecule has 1 aliphatic heterocycles. The van der Waals surface area contributed by atoms with Gasteiger partial charge in [0.2, 0.25) is 0 Å². The van der Waals surface area contributed by atoms with E-state index in [9.17, 15) is 14.4 Å². The molecule has 1 aromatic carbocycles. The Morgan fingerprint density at radius 2 is 2.00 bits per heavy atom. The van der Waals surface area contributed by atoms with Gasteiger partial charge in [-0.2, -0.15) is 0 Å². The highest BCUT2D eigenvalue weighted by Gasteiger charge is 2.28. The van der Waals surface area contributed by atoms with Crippen LogP contribution in [0.15, 0.2) is 42.6 Å². The topological polar surface area (TPSA) is 126 Å². The fourth-order valence-electron chi connectivity index (χ4n) is 4.57. The van der Waals surface area contributed by atoms with E-state index in [4.69, 9.17) is 9.47 Å². The number of carbonyl (C=O) groups excluding carboxylic acids is 3. The summed E-state index contributed by atoms with van der Waals surface area (Å²) in [7, 11) is 1.54. The van der Waals surface area contributed by atoms with Crippen LogP contribution in [-0.4, -0.2) is 77.8 Å². The normalized spacial score (nSPS) is 15.7. The standard InChI is InChI=1S/C29H37N5O5/c1-29(2,3)39-28(37)34-13-14-38-22(18-34)8-6-11-32-26(35)20-16-21(33-25(17-20)27(36)30-4)15-19-7-5-9-24-23(19)10-12-31-24/h5,7,9-10,12,16-17,22,31H,6,8,11,13-15,18H2,1-4H3,(H,30,36)(H,32,35). The van der Waals surface area contributed by atoms with Crippen molar-refractivity contribution in [2.24, 2.45) is 0 Å². The molecule has 1 saturated heterocycles. The molecule has 0 bridgehead atoms. The lowest BCUT2D eigenvalue weighted by Gasteiger charge is -2.34. The first-order valence-electron chi connectivity index (χ1n) is 13.3. The first kappa shape index (κ1) is 28.1. The van der Waals surface area contributed by atoms with Crippen molar-refractivity contribution < 1.29 is 23.9 Å². The Bertz CT molecular complexity index is 1330. The number of rotatable bonds is 8. The lowest BCUT2D eigenvalue weighted by Crippen LogP contribution is -2.47. The van der Waals surface area contributed by atoms with Crippen LogP contribution in [0.3, 0.4) is 0 Å². The lowest BCUT2D eigenvalue weighted by molar-refractivity contribution is -0.0449. The number of ether oxygens (including phenoxy) is 2. The number of benzene rings is 1. The van der Waals surface area contributed by atoms with Crippen LogP contribution in [0.25, 0.3) is 10.9 Å². The van der Waals surface area contributed by atoms with Crippen LogP contribution >= 0.6 is 0 Å². The molecule has 1 fully saturated rings. The number of fused-ring (bicyclic) bond motifs is 1. The Balaban J connectivity index is 1.35. The van der Waals surface area contributed by atoms with Crippen molar-refractivity contribution in [2.45, 2.75) is 51.7 Å². The van der Waals surface area contributed by atoms with Crippen molar-refractivity contribution in [1.29, 1.82) is 0 Å². The van der Waals surface area contributed by atoms with Crippen LogP contribution in [0, 0.1) is 0 Å². The van der Waals surface area contributed by atoms with Crippen molar-refractivity contribution >= 4 is 28.8 Å². The third-order valence-electron chi connectivity index (χ3n) is 6.44. The zero-order chi connectivity index (χ0) is 28.0. The second-order valence-corrected chi connectivity index (χ2v) is 10.7.